The maximum Gasteiger partial charge on any atom is -0.00130 e. The van der Waals surface area contributed by atoms with Gasteiger partial charge in [-0.05, 0) is 67.4 Å². The number of hydrogen-bond donors (Lipinski definition) is 0. The van der Waals surface area contributed by atoms with Crippen LogP contribution in [0.5, 0.6) is 0 Å². The number of hydrogen-bond acceptors (Lipinski definition) is 0. The molecule has 0 unspecified atom stereocenters. The molecule has 5 aromatic carbocycles. The van der Waals surface area contributed by atoms with Gasteiger partial charge >= 0.3 is 0 Å². The Kier molecular flexibility index (Phi) is 3.39. The summed E-state index contributed by atoms with van der Waals surface area (Å²) in [5.74, 6) is 0. The molecule has 2 aliphatic rings. The van der Waals surface area contributed by atoms with Crippen molar-refractivity contribution in [1.29, 1.82) is 0 Å². The minimum atomic E-state index is 1.06. The van der Waals surface area contributed by atoms with Crippen molar-refractivity contribution in [2.75, 3.05) is 0 Å². The quantitative estimate of drug-likeness (QED) is 0.250. The Morgan fingerprint density at radius 1 is 0.464 bits per heavy atom. The second-order valence-corrected chi connectivity index (χ2v) is 7.74. The van der Waals surface area contributed by atoms with E-state index in [1.807, 2.05) is 0 Å². The molecule has 0 aromatic heterocycles. The molecule has 5 aromatic rings. The van der Waals surface area contributed by atoms with E-state index < -0.39 is 0 Å². The van der Waals surface area contributed by atoms with Gasteiger partial charge in [0.05, 0.1) is 0 Å². The van der Waals surface area contributed by atoms with Crippen LogP contribution in [-0.2, 0) is 12.8 Å². The van der Waals surface area contributed by atoms with E-state index in [9.17, 15) is 0 Å². The molecule has 7 rings (SSSR count). The molecule has 2 aliphatic carbocycles. The van der Waals surface area contributed by atoms with Crippen LogP contribution in [0.15, 0.2) is 91.0 Å². The third kappa shape index (κ3) is 2.31. The normalized spacial score (nSPS) is 13.3. The molecule has 0 N–H and O–H groups in total. The molecule has 0 spiro atoms. The first-order valence-corrected chi connectivity index (χ1v) is 9.98. The zero-order chi connectivity index (χ0) is 18.5. The van der Waals surface area contributed by atoms with Gasteiger partial charge < -0.3 is 0 Å². The Bertz CT molecular complexity index is 1330. The molecule has 0 nitrogen and oxygen atoms in total. The highest BCUT2D eigenvalue weighted by molar-refractivity contribution is 6.23. The summed E-state index contributed by atoms with van der Waals surface area (Å²) in [6, 6.07) is 30.9. The van der Waals surface area contributed by atoms with E-state index in [1.54, 1.807) is 0 Å². The SMILES string of the molecule is C1=Cc2ccccc2C1.c1cc2c3c(c1)ccc1ccc4cccc(c4c13)C2. The summed E-state index contributed by atoms with van der Waals surface area (Å²) >= 11 is 0. The first kappa shape index (κ1) is 15.7. The first-order valence-electron chi connectivity index (χ1n) is 9.98. The average molecular weight is 356 g/mol. The van der Waals surface area contributed by atoms with Crippen LogP contribution < -0.4 is 0 Å². The number of benzene rings is 5. The van der Waals surface area contributed by atoms with E-state index in [0.717, 1.165) is 12.8 Å². The Morgan fingerprint density at radius 3 is 1.68 bits per heavy atom. The lowest BCUT2D eigenvalue weighted by molar-refractivity contribution is 1.23. The van der Waals surface area contributed by atoms with Gasteiger partial charge in [-0.2, -0.15) is 0 Å². The number of rotatable bonds is 0. The Balaban J connectivity index is 0.000000145. The first-order chi connectivity index (χ1) is 13.9. The molecule has 28 heavy (non-hydrogen) atoms. The van der Waals surface area contributed by atoms with Crippen molar-refractivity contribution in [2.24, 2.45) is 0 Å². The molecule has 0 bridgehead atoms. The summed E-state index contributed by atoms with van der Waals surface area (Å²) in [6.07, 6.45) is 6.56. The smallest absolute Gasteiger partial charge is 0.00130 e. The summed E-state index contributed by atoms with van der Waals surface area (Å²) in [6.45, 7) is 0. The molecule has 0 radical (unpaired) electrons. The monoisotopic (exact) mass is 356 g/mol. The predicted molar refractivity (Wildman–Crippen MR) is 121 cm³/mol. The standard InChI is InChI=1S/C19H12.C9H8/c1-3-12-7-9-14-10-8-13-4-2-6-16-11-15(5-1)17(12)19(14)18(13)16;1-2-5-9-7-3-6-8(9)4-1/h1-10H,11H2;1-6H,7H2. The van der Waals surface area contributed by atoms with Gasteiger partial charge in [-0.3, -0.25) is 0 Å². The van der Waals surface area contributed by atoms with E-state index in [4.69, 9.17) is 0 Å². The van der Waals surface area contributed by atoms with Gasteiger partial charge in [0.15, 0.2) is 0 Å². The fraction of sp³-hybridized carbons (Fsp3) is 0.0714. The van der Waals surface area contributed by atoms with Crippen LogP contribution >= 0.6 is 0 Å². The maximum atomic E-state index is 2.27. The van der Waals surface area contributed by atoms with E-state index in [0.29, 0.717) is 0 Å². The van der Waals surface area contributed by atoms with Gasteiger partial charge in [-0.15, -0.1) is 0 Å². The molecular formula is C28H20. The van der Waals surface area contributed by atoms with Crippen molar-refractivity contribution in [1.82, 2.24) is 0 Å². The molecule has 0 saturated carbocycles. The Morgan fingerprint density at radius 2 is 1.04 bits per heavy atom. The van der Waals surface area contributed by atoms with Gasteiger partial charge in [0, 0.05) is 0 Å². The topological polar surface area (TPSA) is 0 Å². The molecule has 0 fully saturated rings. The highest BCUT2D eigenvalue weighted by atomic mass is 14.2. The summed E-state index contributed by atoms with van der Waals surface area (Å²) in [5.41, 5.74) is 5.78. The van der Waals surface area contributed by atoms with Crippen molar-refractivity contribution in [3.05, 3.63) is 113 Å². The van der Waals surface area contributed by atoms with Gasteiger partial charge in [-0.25, -0.2) is 0 Å². The Labute approximate surface area is 164 Å². The second-order valence-electron chi connectivity index (χ2n) is 7.74. The van der Waals surface area contributed by atoms with Crippen molar-refractivity contribution in [2.45, 2.75) is 12.8 Å². The van der Waals surface area contributed by atoms with Crippen LogP contribution in [0.4, 0.5) is 0 Å². The molecule has 0 heteroatoms. The molecule has 132 valence electrons. The second kappa shape index (κ2) is 6.07. The van der Waals surface area contributed by atoms with Gasteiger partial charge in [-0.1, -0.05) is 97.1 Å². The third-order valence-corrected chi connectivity index (χ3v) is 6.11. The van der Waals surface area contributed by atoms with Crippen molar-refractivity contribution >= 4 is 38.4 Å². The average Bonchev–Trinajstić information content (AvgIpc) is 3.23. The van der Waals surface area contributed by atoms with Crippen molar-refractivity contribution < 1.29 is 0 Å². The van der Waals surface area contributed by atoms with E-state index in [-0.39, 0.29) is 0 Å². The van der Waals surface area contributed by atoms with E-state index in [1.165, 1.54) is 54.6 Å². The fourth-order valence-electron chi connectivity index (χ4n) is 4.82. The highest BCUT2D eigenvalue weighted by Gasteiger charge is 2.16. The van der Waals surface area contributed by atoms with Crippen LogP contribution in [0.2, 0.25) is 0 Å². The van der Waals surface area contributed by atoms with E-state index in [2.05, 4.69) is 97.1 Å². The lowest BCUT2D eigenvalue weighted by Gasteiger charge is -2.19. The van der Waals surface area contributed by atoms with Gasteiger partial charge in [0.25, 0.3) is 0 Å². The lowest BCUT2D eigenvalue weighted by atomic mass is 9.84. The van der Waals surface area contributed by atoms with Crippen LogP contribution in [-0.4, -0.2) is 0 Å². The van der Waals surface area contributed by atoms with Crippen LogP contribution in [0.1, 0.15) is 22.3 Å². The van der Waals surface area contributed by atoms with Crippen LogP contribution in [0, 0.1) is 0 Å². The molecule has 0 amide bonds. The zero-order valence-corrected chi connectivity index (χ0v) is 15.7. The third-order valence-electron chi connectivity index (χ3n) is 6.11. The molecule has 0 heterocycles. The molecular weight excluding hydrogens is 336 g/mol. The van der Waals surface area contributed by atoms with Crippen molar-refractivity contribution in [3.63, 3.8) is 0 Å². The van der Waals surface area contributed by atoms with Gasteiger partial charge in [0.1, 0.15) is 0 Å². The lowest BCUT2D eigenvalue weighted by Crippen LogP contribution is -1.98. The van der Waals surface area contributed by atoms with Crippen LogP contribution in [0.25, 0.3) is 38.4 Å². The van der Waals surface area contributed by atoms with Crippen molar-refractivity contribution in [3.8, 4) is 0 Å². The Hall–Kier alpha value is -3.38. The number of fused-ring (bicyclic) bond motifs is 1. The minimum absolute atomic E-state index is 1.06. The molecule has 0 saturated heterocycles. The largest absolute Gasteiger partial charge is 0.0795 e. The fourth-order valence-corrected chi connectivity index (χ4v) is 4.82. The molecule has 0 aliphatic heterocycles. The van der Waals surface area contributed by atoms with E-state index >= 15 is 0 Å². The predicted octanol–water partition coefficient (Wildman–Crippen LogP) is 7.31. The summed E-state index contributed by atoms with van der Waals surface area (Å²) < 4.78 is 0. The zero-order valence-electron chi connectivity index (χ0n) is 15.7. The number of allylic oxidation sites excluding steroid dienone is 1. The maximum absolute atomic E-state index is 2.27. The summed E-state index contributed by atoms with van der Waals surface area (Å²) in [4.78, 5) is 0. The summed E-state index contributed by atoms with van der Waals surface area (Å²) in [7, 11) is 0. The van der Waals surface area contributed by atoms with Gasteiger partial charge in [0.2, 0.25) is 0 Å². The highest BCUT2D eigenvalue weighted by Crippen LogP contribution is 2.40. The summed E-state index contributed by atoms with van der Waals surface area (Å²) in [5, 5.41) is 8.47. The minimum Gasteiger partial charge on any atom is -0.0795 e. The molecule has 0 atom stereocenters. The van der Waals surface area contributed by atoms with Crippen LogP contribution in [0.3, 0.4) is 0 Å².